The Balaban J connectivity index is 1.44. The summed E-state index contributed by atoms with van der Waals surface area (Å²) in [6.07, 6.45) is 1.88. The van der Waals surface area contributed by atoms with Gasteiger partial charge in [-0.25, -0.2) is 0 Å². The zero-order valence-corrected chi connectivity index (χ0v) is 15.5. The second-order valence-corrected chi connectivity index (χ2v) is 6.88. The van der Waals surface area contributed by atoms with Gasteiger partial charge < -0.3 is 10.2 Å². The maximum Gasteiger partial charge on any atom is 0.227 e. The first-order valence-corrected chi connectivity index (χ1v) is 9.29. The van der Waals surface area contributed by atoms with Crippen molar-refractivity contribution in [2.24, 2.45) is 0 Å². The number of hydrogen-bond acceptors (Lipinski definition) is 3. The fourth-order valence-electron chi connectivity index (χ4n) is 3.11. The summed E-state index contributed by atoms with van der Waals surface area (Å²) in [5.74, 6) is -0.00617. The van der Waals surface area contributed by atoms with Crippen molar-refractivity contribution >= 4 is 23.3 Å². The molecule has 1 aliphatic heterocycles. The average molecular weight is 364 g/mol. The Labute approximate surface area is 159 Å². The van der Waals surface area contributed by atoms with Gasteiger partial charge in [-0.15, -0.1) is 0 Å². The van der Waals surface area contributed by atoms with Crippen LogP contribution in [0.4, 0.5) is 5.69 Å². The molecule has 2 aromatic rings. The third kappa shape index (κ3) is 5.03. The number of ketones is 1. The van der Waals surface area contributed by atoms with Crippen molar-refractivity contribution in [1.82, 2.24) is 5.32 Å². The van der Waals surface area contributed by atoms with E-state index in [2.05, 4.69) is 5.32 Å². The normalized spacial score (nSPS) is 13.7. The van der Waals surface area contributed by atoms with E-state index in [4.69, 9.17) is 0 Å². The molecule has 5 nitrogen and oxygen atoms in total. The molecule has 0 unspecified atom stereocenters. The molecular weight excluding hydrogens is 340 g/mol. The second-order valence-electron chi connectivity index (χ2n) is 6.88. The first kappa shape index (κ1) is 18.8. The van der Waals surface area contributed by atoms with Crippen LogP contribution < -0.4 is 10.2 Å². The third-order valence-electron chi connectivity index (χ3n) is 4.76. The zero-order valence-electron chi connectivity index (χ0n) is 15.5. The summed E-state index contributed by atoms with van der Waals surface area (Å²) in [6.45, 7) is 3.15. The lowest BCUT2D eigenvalue weighted by Crippen LogP contribution is -2.24. The number of aryl methyl sites for hydroxylation is 1. The van der Waals surface area contributed by atoms with Crippen LogP contribution in [0, 0.1) is 6.92 Å². The largest absolute Gasteiger partial charge is 0.352 e. The molecule has 1 aliphatic rings. The number of nitrogens with one attached hydrogen (secondary N) is 1. The Morgan fingerprint density at radius 1 is 1.00 bits per heavy atom. The topological polar surface area (TPSA) is 66.5 Å². The molecule has 0 radical (unpaired) electrons. The van der Waals surface area contributed by atoms with Crippen LogP contribution in [0.2, 0.25) is 0 Å². The lowest BCUT2D eigenvalue weighted by Gasteiger charge is -2.16. The van der Waals surface area contributed by atoms with E-state index in [9.17, 15) is 14.4 Å². The monoisotopic (exact) mass is 364 g/mol. The summed E-state index contributed by atoms with van der Waals surface area (Å²) in [6, 6.07) is 15.0. The molecular formula is C22H24N2O3. The minimum absolute atomic E-state index is 0.0233. The number of Topliss-reactive ketones (excluding diaryl/α,β-unsaturated/α-hetero) is 1. The molecule has 0 atom stereocenters. The molecule has 1 saturated heterocycles. The fourth-order valence-corrected chi connectivity index (χ4v) is 3.11. The molecule has 1 heterocycles. The number of benzene rings is 2. The number of rotatable bonds is 7. The molecule has 2 amide bonds. The predicted octanol–water partition coefficient (Wildman–Crippen LogP) is 3.40. The number of amides is 2. The van der Waals surface area contributed by atoms with Crippen molar-refractivity contribution in [2.75, 3.05) is 11.4 Å². The van der Waals surface area contributed by atoms with Gasteiger partial charge in [0, 0.05) is 43.6 Å². The van der Waals surface area contributed by atoms with Crippen molar-refractivity contribution in [3.8, 4) is 0 Å². The van der Waals surface area contributed by atoms with E-state index in [1.54, 1.807) is 17.0 Å². The predicted molar refractivity (Wildman–Crippen MR) is 105 cm³/mol. The number of carbonyl (C=O) groups excluding carboxylic acids is 3. The number of hydrogen-bond donors (Lipinski definition) is 1. The molecule has 0 saturated carbocycles. The van der Waals surface area contributed by atoms with Crippen LogP contribution in [0.15, 0.2) is 48.5 Å². The van der Waals surface area contributed by atoms with E-state index in [-0.39, 0.29) is 30.4 Å². The van der Waals surface area contributed by atoms with E-state index in [0.717, 1.165) is 29.8 Å². The van der Waals surface area contributed by atoms with Crippen LogP contribution in [0.3, 0.4) is 0 Å². The highest BCUT2D eigenvalue weighted by atomic mass is 16.2. The van der Waals surface area contributed by atoms with E-state index in [1.807, 2.05) is 43.3 Å². The first-order chi connectivity index (χ1) is 13.0. The first-order valence-electron chi connectivity index (χ1n) is 9.29. The number of anilines is 1. The summed E-state index contributed by atoms with van der Waals surface area (Å²) in [5, 5.41) is 2.84. The Bertz CT molecular complexity index is 826. The molecule has 0 spiro atoms. The molecule has 140 valence electrons. The van der Waals surface area contributed by atoms with Gasteiger partial charge in [0.15, 0.2) is 5.78 Å². The second kappa shape index (κ2) is 8.62. The highest BCUT2D eigenvalue weighted by Gasteiger charge is 2.21. The maximum absolute atomic E-state index is 12.1. The van der Waals surface area contributed by atoms with Gasteiger partial charge in [0.25, 0.3) is 0 Å². The fraction of sp³-hybridized carbons (Fsp3) is 0.318. The van der Waals surface area contributed by atoms with Gasteiger partial charge in [0.2, 0.25) is 11.8 Å². The molecule has 5 heteroatoms. The minimum Gasteiger partial charge on any atom is -0.352 e. The Hall–Kier alpha value is -2.95. The summed E-state index contributed by atoms with van der Waals surface area (Å²) >= 11 is 0. The lowest BCUT2D eigenvalue weighted by molar-refractivity contribution is -0.121. The highest BCUT2D eigenvalue weighted by Crippen LogP contribution is 2.21. The van der Waals surface area contributed by atoms with Crippen molar-refractivity contribution in [3.63, 3.8) is 0 Å². The molecule has 2 aromatic carbocycles. The molecule has 0 aromatic heterocycles. The molecule has 1 N–H and O–H groups in total. The van der Waals surface area contributed by atoms with Crippen molar-refractivity contribution in [3.05, 3.63) is 65.2 Å². The highest BCUT2D eigenvalue weighted by molar-refractivity contribution is 5.98. The molecule has 0 bridgehead atoms. The Kier molecular flexibility index (Phi) is 6.01. The van der Waals surface area contributed by atoms with Crippen LogP contribution in [-0.4, -0.2) is 24.1 Å². The molecule has 1 fully saturated rings. The van der Waals surface area contributed by atoms with Crippen LogP contribution in [0.5, 0.6) is 0 Å². The third-order valence-corrected chi connectivity index (χ3v) is 4.76. The van der Waals surface area contributed by atoms with E-state index >= 15 is 0 Å². The van der Waals surface area contributed by atoms with Crippen LogP contribution in [0.25, 0.3) is 0 Å². The molecule has 0 aliphatic carbocycles. The van der Waals surface area contributed by atoms with Gasteiger partial charge >= 0.3 is 0 Å². The van der Waals surface area contributed by atoms with E-state index < -0.39 is 0 Å². The summed E-state index contributed by atoms with van der Waals surface area (Å²) in [4.78, 5) is 37.7. The number of carbonyl (C=O) groups is 3. The van der Waals surface area contributed by atoms with Gasteiger partial charge in [0.05, 0.1) is 0 Å². The van der Waals surface area contributed by atoms with Crippen LogP contribution in [0.1, 0.15) is 47.2 Å². The SMILES string of the molecule is Cc1ccc(C(=O)CCC(=O)NCc2ccc(N3CCCC3=O)cc2)cc1. The number of nitrogens with zero attached hydrogens (tertiary/aromatic N) is 1. The van der Waals surface area contributed by atoms with E-state index in [1.165, 1.54) is 0 Å². The quantitative estimate of drug-likeness (QED) is 0.766. The van der Waals surface area contributed by atoms with Crippen molar-refractivity contribution in [1.29, 1.82) is 0 Å². The zero-order chi connectivity index (χ0) is 19.2. The van der Waals surface area contributed by atoms with Gasteiger partial charge in [-0.2, -0.15) is 0 Å². The van der Waals surface area contributed by atoms with Crippen LogP contribution in [-0.2, 0) is 16.1 Å². The average Bonchev–Trinajstić information content (AvgIpc) is 3.11. The standard InChI is InChI=1S/C22H24N2O3/c1-16-4-8-18(9-5-16)20(25)12-13-21(26)23-15-17-6-10-19(11-7-17)24-14-2-3-22(24)27/h4-11H,2-3,12-15H2,1H3,(H,23,26). The van der Waals surface area contributed by atoms with Crippen LogP contribution >= 0.6 is 0 Å². The Morgan fingerprint density at radius 3 is 2.33 bits per heavy atom. The summed E-state index contributed by atoms with van der Waals surface area (Å²) < 4.78 is 0. The Morgan fingerprint density at radius 2 is 1.70 bits per heavy atom. The smallest absolute Gasteiger partial charge is 0.227 e. The molecule has 27 heavy (non-hydrogen) atoms. The van der Waals surface area contributed by atoms with Gasteiger partial charge in [0.1, 0.15) is 0 Å². The van der Waals surface area contributed by atoms with Gasteiger partial charge in [-0.05, 0) is 31.0 Å². The van der Waals surface area contributed by atoms with Gasteiger partial charge in [-0.1, -0.05) is 42.0 Å². The lowest BCUT2D eigenvalue weighted by atomic mass is 10.0. The van der Waals surface area contributed by atoms with E-state index in [0.29, 0.717) is 18.5 Å². The van der Waals surface area contributed by atoms with Gasteiger partial charge in [-0.3, -0.25) is 14.4 Å². The summed E-state index contributed by atoms with van der Waals surface area (Å²) in [7, 11) is 0. The summed E-state index contributed by atoms with van der Waals surface area (Å²) in [5.41, 5.74) is 3.60. The maximum atomic E-state index is 12.1. The van der Waals surface area contributed by atoms with Crippen molar-refractivity contribution in [2.45, 2.75) is 39.2 Å². The van der Waals surface area contributed by atoms with Crippen molar-refractivity contribution < 1.29 is 14.4 Å². The minimum atomic E-state index is -0.144. The molecule has 3 rings (SSSR count).